The van der Waals surface area contributed by atoms with Gasteiger partial charge in [-0.25, -0.2) is 4.98 Å². The second-order valence-electron chi connectivity index (χ2n) is 5.86. The van der Waals surface area contributed by atoms with Gasteiger partial charge >= 0.3 is 0 Å². The average Bonchev–Trinajstić information content (AvgIpc) is 2.53. The number of aromatic nitrogens is 2. The van der Waals surface area contributed by atoms with Crippen molar-refractivity contribution in [1.29, 1.82) is 0 Å². The maximum atomic E-state index is 6.29. The lowest BCUT2D eigenvalue weighted by Crippen LogP contribution is -2.28. The van der Waals surface area contributed by atoms with Crippen LogP contribution in [-0.4, -0.2) is 9.55 Å². The average molecular weight is 231 g/mol. The summed E-state index contributed by atoms with van der Waals surface area (Å²) >= 11 is 0. The predicted octanol–water partition coefficient (Wildman–Crippen LogP) is 2.93. The van der Waals surface area contributed by atoms with Crippen molar-refractivity contribution in [2.24, 2.45) is 18.2 Å². The Hall–Kier alpha value is -1.35. The minimum Gasteiger partial charge on any atom is -0.330 e. The molecule has 2 N–H and O–H groups in total. The maximum absolute atomic E-state index is 6.29. The van der Waals surface area contributed by atoms with E-state index in [1.165, 1.54) is 5.56 Å². The lowest BCUT2D eigenvalue weighted by atomic mass is 9.87. The molecule has 0 aliphatic carbocycles. The Morgan fingerprint density at radius 1 is 1.29 bits per heavy atom. The van der Waals surface area contributed by atoms with Crippen LogP contribution in [0.2, 0.25) is 0 Å². The molecular formula is C14H21N3. The summed E-state index contributed by atoms with van der Waals surface area (Å²) in [5.41, 5.74) is 9.71. The fourth-order valence-electron chi connectivity index (χ4n) is 1.99. The summed E-state index contributed by atoms with van der Waals surface area (Å²) in [6, 6.07) is 6.27. The Morgan fingerprint density at radius 2 is 1.94 bits per heavy atom. The van der Waals surface area contributed by atoms with Crippen molar-refractivity contribution in [3.8, 4) is 0 Å². The summed E-state index contributed by atoms with van der Waals surface area (Å²) in [5.74, 6) is 0.957. The van der Waals surface area contributed by atoms with Crippen LogP contribution in [0.15, 0.2) is 18.2 Å². The van der Waals surface area contributed by atoms with E-state index in [9.17, 15) is 0 Å². The standard InChI is InChI=1S/C14H21N3/c1-9-6-7-11-10(8-9)16-13(17(11)5)12(15)14(2,3)4/h6-8,12H,15H2,1-5H3. The molecule has 0 aliphatic rings. The minimum atomic E-state index is -0.0554. The van der Waals surface area contributed by atoms with Crippen LogP contribution in [0.3, 0.4) is 0 Å². The molecular weight excluding hydrogens is 210 g/mol. The second kappa shape index (κ2) is 3.84. The molecule has 1 heterocycles. The fourth-order valence-corrected chi connectivity index (χ4v) is 1.99. The number of nitrogens with two attached hydrogens (primary N) is 1. The molecule has 2 rings (SSSR count). The van der Waals surface area contributed by atoms with Gasteiger partial charge in [-0.15, -0.1) is 0 Å². The van der Waals surface area contributed by atoms with Crippen molar-refractivity contribution in [3.63, 3.8) is 0 Å². The number of benzene rings is 1. The number of nitrogens with zero attached hydrogens (tertiary/aromatic N) is 2. The van der Waals surface area contributed by atoms with Crippen LogP contribution < -0.4 is 5.73 Å². The third-order valence-electron chi connectivity index (χ3n) is 3.28. The van der Waals surface area contributed by atoms with Gasteiger partial charge in [0, 0.05) is 7.05 Å². The van der Waals surface area contributed by atoms with Crippen LogP contribution in [0.1, 0.15) is 38.2 Å². The van der Waals surface area contributed by atoms with Crippen LogP contribution >= 0.6 is 0 Å². The summed E-state index contributed by atoms with van der Waals surface area (Å²) in [7, 11) is 2.03. The van der Waals surface area contributed by atoms with Gasteiger partial charge in [0.15, 0.2) is 0 Å². The van der Waals surface area contributed by atoms with Gasteiger partial charge in [-0.05, 0) is 30.0 Å². The third kappa shape index (κ3) is 2.07. The molecule has 0 bridgehead atoms. The van der Waals surface area contributed by atoms with E-state index in [0.717, 1.165) is 16.9 Å². The van der Waals surface area contributed by atoms with Crippen LogP contribution in [0, 0.1) is 12.3 Å². The Bertz CT molecular complexity index is 546. The summed E-state index contributed by atoms with van der Waals surface area (Å²) in [5, 5.41) is 0. The molecule has 0 aliphatic heterocycles. The molecule has 1 atom stereocenters. The molecule has 0 saturated carbocycles. The molecule has 3 nitrogen and oxygen atoms in total. The van der Waals surface area contributed by atoms with Gasteiger partial charge in [-0.1, -0.05) is 26.8 Å². The van der Waals surface area contributed by atoms with Gasteiger partial charge in [-0.2, -0.15) is 0 Å². The first-order chi connectivity index (χ1) is 7.80. The van der Waals surface area contributed by atoms with Gasteiger partial charge in [-0.3, -0.25) is 0 Å². The zero-order valence-corrected chi connectivity index (χ0v) is 11.3. The molecule has 1 unspecified atom stereocenters. The van der Waals surface area contributed by atoms with Gasteiger partial charge in [0.2, 0.25) is 0 Å². The van der Waals surface area contributed by atoms with E-state index in [1.807, 2.05) is 7.05 Å². The predicted molar refractivity (Wildman–Crippen MR) is 71.8 cm³/mol. The second-order valence-corrected chi connectivity index (χ2v) is 5.86. The SMILES string of the molecule is Cc1ccc2c(c1)nc(C(N)C(C)(C)C)n2C. The van der Waals surface area contributed by atoms with Crippen molar-refractivity contribution < 1.29 is 0 Å². The van der Waals surface area contributed by atoms with Gasteiger partial charge < -0.3 is 10.3 Å². The summed E-state index contributed by atoms with van der Waals surface area (Å²) in [6.07, 6.45) is 0. The van der Waals surface area contributed by atoms with Gasteiger partial charge in [0.05, 0.1) is 17.1 Å². The molecule has 2 aromatic rings. The smallest absolute Gasteiger partial charge is 0.127 e. The summed E-state index contributed by atoms with van der Waals surface area (Å²) < 4.78 is 2.10. The van der Waals surface area contributed by atoms with E-state index in [2.05, 4.69) is 55.4 Å². The lowest BCUT2D eigenvalue weighted by Gasteiger charge is -2.26. The van der Waals surface area contributed by atoms with E-state index >= 15 is 0 Å². The third-order valence-corrected chi connectivity index (χ3v) is 3.28. The van der Waals surface area contributed by atoms with Gasteiger partial charge in [0.1, 0.15) is 5.82 Å². The van der Waals surface area contributed by atoms with Crippen LogP contribution in [0.25, 0.3) is 11.0 Å². The van der Waals surface area contributed by atoms with Crippen LogP contribution in [-0.2, 0) is 7.05 Å². The van der Waals surface area contributed by atoms with Crippen molar-refractivity contribution in [2.75, 3.05) is 0 Å². The zero-order chi connectivity index (χ0) is 12.8. The highest BCUT2D eigenvalue weighted by atomic mass is 15.1. The summed E-state index contributed by atoms with van der Waals surface area (Å²) in [4.78, 5) is 4.68. The number of rotatable bonds is 1. The maximum Gasteiger partial charge on any atom is 0.127 e. The molecule has 0 spiro atoms. The highest BCUT2D eigenvalue weighted by Gasteiger charge is 2.26. The van der Waals surface area contributed by atoms with Crippen molar-refractivity contribution in [3.05, 3.63) is 29.6 Å². The molecule has 17 heavy (non-hydrogen) atoms. The van der Waals surface area contributed by atoms with Crippen LogP contribution in [0.5, 0.6) is 0 Å². The van der Waals surface area contributed by atoms with E-state index in [1.54, 1.807) is 0 Å². The normalized spacial score (nSPS) is 14.2. The lowest BCUT2D eigenvalue weighted by molar-refractivity contribution is 0.311. The fraction of sp³-hybridized carbons (Fsp3) is 0.500. The first kappa shape index (κ1) is 12.1. The molecule has 0 radical (unpaired) electrons. The van der Waals surface area contributed by atoms with E-state index in [0.29, 0.717) is 0 Å². The van der Waals surface area contributed by atoms with Crippen molar-refractivity contribution in [2.45, 2.75) is 33.7 Å². The quantitative estimate of drug-likeness (QED) is 0.820. The molecule has 1 aromatic heterocycles. The molecule has 3 heteroatoms. The van der Waals surface area contributed by atoms with E-state index < -0.39 is 0 Å². The highest BCUT2D eigenvalue weighted by molar-refractivity contribution is 5.76. The number of fused-ring (bicyclic) bond motifs is 1. The van der Waals surface area contributed by atoms with Gasteiger partial charge in [0.25, 0.3) is 0 Å². The van der Waals surface area contributed by atoms with Crippen molar-refractivity contribution >= 4 is 11.0 Å². The van der Waals surface area contributed by atoms with E-state index in [4.69, 9.17) is 5.73 Å². The first-order valence-corrected chi connectivity index (χ1v) is 5.99. The number of imidazole rings is 1. The van der Waals surface area contributed by atoms with Crippen LogP contribution in [0.4, 0.5) is 0 Å². The number of hydrogen-bond donors (Lipinski definition) is 1. The summed E-state index contributed by atoms with van der Waals surface area (Å²) in [6.45, 7) is 8.50. The highest BCUT2D eigenvalue weighted by Crippen LogP contribution is 2.31. The molecule has 0 saturated heterocycles. The number of aryl methyl sites for hydroxylation is 2. The molecule has 1 aromatic carbocycles. The van der Waals surface area contributed by atoms with Crippen molar-refractivity contribution in [1.82, 2.24) is 9.55 Å². The monoisotopic (exact) mass is 231 g/mol. The molecule has 0 fully saturated rings. The molecule has 0 amide bonds. The minimum absolute atomic E-state index is 0.0180. The number of hydrogen-bond acceptors (Lipinski definition) is 2. The topological polar surface area (TPSA) is 43.8 Å². The molecule has 92 valence electrons. The Morgan fingerprint density at radius 3 is 2.53 bits per heavy atom. The Labute approximate surface area is 103 Å². The Balaban J connectivity index is 2.60. The zero-order valence-electron chi connectivity index (χ0n) is 11.3. The Kier molecular flexibility index (Phi) is 2.74. The van der Waals surface area contributed by atoms with E-state index in [-0.39, 0.29) is 11.5 Å². The first-order valence-electron chi connectivity index (χ1n) is 5.99. The largest absolute Gasteiger partial charge is 0.330 e.